The normalized spacial score (nSPS) is 14.7. The highest BCUT2D eigenvalue weighted by atomic mass is 35.5. The second-order valence-electron chi connectivity index (χ2n) is 5.41. The van der Waals surface area contributed by atoms with Gasteiger partial charge in [-0.1, -0.05) is 11.6 Å². The van der Waals surface area contributed by atoms with E-state index in [1.54, 1.807) is 23.2 Å². The van der Waals surface area contributed by atoms with Crippen molar-refractivity contribution in [2.75, 3.05) is 31.1 Å². The lowest BCUT2D eigenvalue weighted by Gasteiger charge is -2.35. The van der Waals surface area contributed by atoms with E-state index in [1.807, 2.05) is 4.90 Å². The van der Waals surface area contributed by atoms with Gasteiger partial charge in [0.05, 0.1) is 5.02 Å². The predicted octanol–water partition coefficient (Wildman–Crippen LogP) is -0.0662. The molecule has 1 aliphatic heterocycles. The molecule has 3 rings (SSSR count). The quantitative estimate of drug-likeness (QED) is 0.838. The number of nitrogens with one attached hydrogen (secondary N) is 1. The first-order valence-corrected chi connectivity index (χ1v) is 7.85. The average Bonchev–Trinajstić information content (AvgIpc) is 2.58. The highest BCUT2D eigenvalue weighted by Gasteiger charge is 2.23. The van der Waals surface area contributed by atoms with Crippen molar-refractivity contribution in [1.29, 1.82) is 0 Å². The lowest BCUT2D eigenvalue weighted by Crippen LogP contribution is -2.50. The van der Waals surface area contributed by atoms with E-state index < -0.39 is 11.2 Å². The van der Waals surface area contributed by atoms with E-state index in [9.17, 15) is 14.4 Å². The molecule has 24 heavy (non-hydrogen) atoms. The minimum Gasteiger partial charge on any atom is -0.352 e. The van der Waals surface area contributed by atoms with E-state index in [-0.39, 0.29) is 12.5 Å². The fourth-order valence-corrected chi connectivity index (χ4v) is 2.83. The molecule has 9 heteroatoms. The van der Waals surface area contributed by atoms with Crippen molar-refractivity contribution in [3.63, 3.8) is 0 Å². The molecule has 1 aliphatic rings. The molecule has 0 aliphatic carbocycles. The summed E-state index contributed by atoms with van der Waals surface area (Å²) in [6.07, 6.45) is 3.00. The zero-order chi connectivity index (χ0) is 17.1. The second kappa shape index (κ2) is 6.88. The first kappa shape index (κ1) is 16.3. The van der Waals surface area contributed by atoms with Gasteiger partial charge in [0.1, 0.15) is 12.4 Å². The summed E-state index contributed by atoms with van der Waals surface area (Å²) in [5.74, 6) is 0.541. The van der Waals surface area contributed by atoms with E-state index in [2.05, 4.69) is 9.97 Å². The molecule has 0 saturated carbocycles. The Morgan fingerprint density at radius 3 is 2.62 bits per heavy atom. The van der Waals surface area contributed by atoms with Crippen LogP contribution in [0.25, 0.3) is 0 Å². The largest absolute Gasteiger partial charge is 0.352 e. The Hall–Kier alpha value is -2.61. The van der Waals surface area contributed by atoms with Crippen LogP contribution in [0.2, 0.25) is 5.02 Å². The third-order valence-electron chi connectivity index (χ3n) is 3.87. The minimum atomic E-state index is -0.588. The second-order valence-corrected chi connectivity index (χ2v) is 5.82. The van der Waals surface area contributed by atoms with Crippen LogP contribution in [0.1, 0.15) is 0 Å². The molecule has 3 heterocycles. The zero-order valence-electron chi connectivity index (χ0n) is 12.8. The molecule has 0 atom stereocenters. The summed E-state index contributed by atoms with van der Waals surface area (Å²) in [6.45, 7) is 2.17. The van der Waals surface area contributed by atoms with Gasteiger partial charge in [0, 0.05) is 44.6 Å². The van der Waals surface area contributed by atoms with Gasteiger partial charge in [-0.05, 0) is 12.1 Å². The Kier molecular flexibility index (Phi) is 4.66. The van der Waals surface area contributed by atoms with Crippen LogP contribution < -0.4 is 16.1 Å². The lowest BCUT2D eigenvalue weighted by atomic mass is 10.3. The number of nitrogens with zero attached hydrogens (tertiary/aromatic N) is 4. The number of carbonyl (C=O) groups is 1. The van der Waals surface area contributed by atoms with Crippen molar-refractivity contribution in [2.45, 2.75) is 6.54 Å². The number of aromatic nitrogens is 3. The molecule has 0 unspecified atom stereocenters. The molecule has 1 saturated heterocycles. The summed E-state index contributed by atoms with van der Waals surface area (Å²) in [6, 6.07) is 4.77. The molecule has 0 bridgehead atoms. The number of halogens is 1. The van der Waals surface area contributed by atoms with Gasteiger partial charge < -0.3 is 9.80 Å². The molecule has 0 aromatic carbocycles. The van der Waals surface area contributed by atoms with Crippen LogP contribution in [0.15, 0.2) is 40.2 Å². The lowest BCUT2D eigenvalue weighted by molar-refractivity contribution is -0.132. The fourth-order valence-electron chi connectivity index (χ4n) is 2.59. The van der Waals surface area contributed by atoms with E-state index in [0.29, 0.717) is 37.0 Å². The van der Waals surface area contributed by atoms with Crippen LogP contribution >= 0.6 is 11.6 Å². The third-order valence-corrected chi connectivity index (χ3v) is 4.17. The molecule has 8 nitrogen and oxygen atoms in total. The summed E-state index contributed by atoms with van der Waals surface area (Å²) in [7, 11) is 0. The van der Waals surface area contributed by atoms with Crippen molar-refractivity contribution in [3.05, 3.63) is 56.5 Å². The molecular formula is C15H16ClN5O3. The number of H-pyrrole nitrogens is 1. The number of piperazine rings is 1. The topological polar surface area (TPSA) is 91.3 Å². The Morgan fingerprint density at radius 1 is 1.21 bits per heavy atom. The number of aromatic amines is 1. The standard InChI is InChI=1S/C15H16ClN5O3/c16-11-2-1-4-17-14(11)20-8-6-19(7-9-20)13(23)10-21-5-3-12(22)18-15(21)24/h1-5H,6-10H2,(H,18,22,24). The molecule has 2 aromatic heterocycles. The van der Waals surface area contributed by atoms with Crippen LogP contribution in [0.4, 0.5) is 5.82 Å². The maximum absolute atomic E-state index is 12.3. The first-order chi connectivity index (χ1) is 11.5. The maximum Gasteiger partial charge on any atom is 0.328 e. The number of rotatable bonds is 3. The fraction of sp³-hybridized carbons (Fsp3) is 0.333. The van der Waals surface area contributed by atoms with Crippen molar-refractivity contribution in [2.24, 2.45) is 0 Å². The van der Waals surface area contributed by atoms with Crippen molar-refractivity contribution < 1.29 is 4.79 Å². The SMILES string of the molecule is O=C(Cn1ccc(=O)[nH]c1=O)N1CCN(c2ncccc2Cl)CC1. The van der Waals surface area contributed by atoms with Gasteiger partial charge in [-0.3, -0.25) is 19.1 Å². The van der Waals surface area contributed by atoms with Crippen LogP contribution in [0, 0.1) is 0 Å². The molecule has 1 amide bonds. The Bertz CT molecular complexity index is 854. The smallest absolute Gasteiger partial charge is 0.328 e. The van der Waals surface area contributed by atoms with E-state index in [4.69, 9.17) is 11.6 Å². The van der Waals surface area contributed by atoms with Gasteiger partial charge in [0.2, 0.25) is 5.91 Å². The Balaban J connectivity index is 1.62. The van der Waals surface area contributed by atoms with Crippen LogP contribution in [-0.4, -0.2) is 51.5 Å². The summed E-state index contributed by atoms with van der Waals surface area (Å²) in [4.78, 5) is 45.1. The van der Waals surface area contributed by atoms with E-state index in [0.717, 1.165) is 0 Å². The maximum atomic E-state index is 12.3. The molecular weight excluding hydrogens is 334 g/mol. The first-order valence-electron chi connectivity index (χ1n) is 7.47. The number of carbonyl (C=O) groups excluding carboxylic acids is 1. The predicted molar refractivity (Wildman–Crippen MR) is 89.4 cm³/mol. The summed E-state index contributed by atoms with van der Waals surface area (Å²) in [5, 5.41) is 0.581. The minimum absolute atomic E-state index is 0.0973. The van der Waals surface area contributed by atoms with Crippen molar-refractivity contribution in [3.8, 4) is 0 Å². The summed E-state index contributed by atoms with van der Waals surface area (Å²) in [5.41, 5.74) is -1.07. The monoisotopic (exact) mass is 349 g/mol. The summed E-state index contributed by atoms with van der Waals surface area (Å²) >= 11 is 6.14. The average molecular weight is 350 g/mol. The highest BCUT2D eigenvalue weighted by Crippen LogP contribution is 2.23. The number of anilines is 1. The van der Waals surface area contributed by atoms with Gasteiger partial charge in [0.25, 0.3) is 5.56 Å². The van der Waals surface area contributed by atoms with Crippen LogP contribution in [-0.2, 0) is 11.3 Å². The van der Waals surface area contributed by atoms with Crippen LogP contribution in [0.5, 0.6) is 0 Å². The van der Waals surface area contributed by atoms with Gasteiger partial charge in [-0.25, -0.2) is 9.78 Å². The van der Waals surface area contributed by atoms with Gasteiger partial charge in [0.15, 0.2) is 0 Å². The number of pyridine rings is 1. The molecule has 0 radical (unpaired) electrons. The molecule has 1 N–H and O–H groups in total. The molecule has 126 valence electrons. The van der Waals surface area contributed by atoms with Crippen molar-refractivity contribution in [1.82, 2.24) is 19.4 Å². The van der Waals surface area contributed by atoms with Gasteiger partial charge in [-0.15, -0.1) is 0 Å². The number of amides is 1. The Labute approximate surface area is 142 Å². The van der Waals surface area contributed by atoms with E-state index >= 15 is 0 Å². The Morgan fingerprint density at radius 2 is 1.96 bits per heavy atom. The van der Waals surface area contributed by atoms with E-state index in [1.165, 1.54) is 16.8 Å². The third kappa shape index (κ3) is 3.48. The highest BCUT2D eigenvalue weighted by molar-refractivity contribution is 6.32. The van der Waals surface area contributed by atoms with Crippen molar-refractivity contribution >= 4 is 23.3 Å². The zero-order valence-corrected chi connectivity index (χ0v) is 13.6. The molecule has 0 spiro atoms. The molecule has 1 fully saturated rings. The van der Waals surface area contributed by atoms with Gasteiger partial charge >= 0.3 is 5.69 Å². The molecule has 2 aromatic rings. The van der Waals surface area contributed by atoms with Crippen LogP contribution in [0.3, 0.4) is 0 Å². The number of hydrogen-bond acceptors (Lipinski definition) is 5. The summed E-state index contributed by atoms with van der Waals surface area (Å²) < 4.78 is 1.19. The number of hydrogen-bond donors (Lipinski definition) is 1. The van der Waals surface area contributed by atoms with Gasteiger partial charge in [-0.2, -0.15) is 0 Å².